The number of nitrogens with one attached hydrogen (secondary N) is 1. The zero-order valence-electron chi connectivity index (χ0n) is 16.7. The van der Waals surface area contributed by atoms with Crippen LogP contribution in [0.2, 0.25) is 0 Å². The van der Waals surface area contributed by atoms with E-state index in [1.54, 1.807) is 7.11 Å². The lowest BCUT2D eigenvalue weighted by Gasteiger charge is -2.37. The third-order valence-electron chi connectivity index (χ3n) is 5.96. The predicted octanol–water partition coefficient (Wildman–Crippen LogP) is 3.16. The number of ether oxygens (including phenoxy) is 1. The van der Waals surface area contributed by atoms with Gasteiger partial charge in [-0.15, -0.1) is 0 Å². The van der Waals surface area contributed by atoms with Crippen molar-refractivity contribution in [2.45, 2.75) is 64.0 Å². The number of urea groups is 1. The summed E-state index contributed by atoms with van der Waals surface area (Å²) < 4.78 is 5.18. The fourth-order valence-electron chi connectivity index (χ4n) is 4.12. The van der Waals surface area contributed by atoms with E-state index in [0.717, 1.165) is 43.5 Å². The number of hydrogen-bond donors (Lipinski definition) is 1. The first-order valence-corrected chi connectivity index (χ1v) is 9.98. The molecule has 0 bridgehead atoms. The molecule has 1 N–H and O–H groups in total. The van der Waals surface area contributed by atoms with Gasteiger partial charge in [-0.3, -0.25) is 9.69 Å². The predicted molar refractivity (Wildman–Crippen MR) is 105 cm³/mol. The maximum Gasteiger partial charge on any atom is 0.326 e. The first kappa shape index (κ1) is 19.7. The molecule has 1 aromatic carbocycles. The van der Waals surface area contributed by atoms with Gasteiger partial charge in [-0.25, -0.2) is 9.69 Å². The Kier molecular flexibility index (Phi) is 6.05. The lowest BCUT2D eigenvalue weighted by atomic mass is 9.93. The van der Waals surface area contributed by atoms with E-state index in [4.69, 9.17) is 4.74 Å². The molecule has 2 heterocycles. The minimum absolute atomic E-state index is 0.110. The van der Waals surface area contributed by atoms with Gasteiger partial charge in [0.05, 0.1) is 13.8 Å². The molecule has 0 spiro atoms. The molecule has 2 atom stereocenters. The van der Waals surface area contributed by atoms with Crippen molar-refractivity contribution in [3.63, 3.8) is 0 Å². The summed E-state index contributed by atoms with van der Waals surface area (Å²) in [5.41, 5.74) is 0.286. The molecule has 0 saturated carbocycles. The minimum Gasteiger partial charge on any atom is -0.497 e. The number of imide groups is 1. The lowest BCUT2D eigenvalue weighted by molar-refractivity contribution is -0.133. The van der Waals surface area contributed by atoms with Crippen LogP contribution in [0.1, 0.15) is 51.5 Å². The van der Waals surface area contributed by atoms with Gasteiger partial charge in [0.1, 0.15) is 11.3 Å². The Morgan fingerprint density at radius 3 is 2.63 bits per heavy atom. The van der Waals surface area contributed by atoms with Crippen molar-refractivity contribution < 1.29 is 14.3 Å². The number of piperidine rings is 1. The van der Waals surface area contributed by atoms with E-state index in [1.165, 1.54) is 11.3 Å². The Balaban J connectivity index is 1.62. The summed E-state index contributed by atoms with van der Waals surface area (Å²) in [7, 11) is 1.64. The third kappa shape index (κ3) is 4.26. The van der Waals surface area contributed by atoms with Crippen molar-refractivity contribution in [1.82, 2.24) is 15.1 Å². The van der Waals surface area contributed by atoms with Gasteiger partial charge in [0.15, 0.2) is 0 Å². The second-order valence-corrected chi connectivity index (χ2v) is 7.86. The highest BCUT2D eigenvalue weighted by Crippen LogP contribution is 2.26. The van der Waals surface area contributed by atoms with Crippen molar-refractivity contribution in [2.24, 2.45) is 0 Å². The molecule has 2 fully saturated rings. The van der Waals surface area contributed by atoms with Gasteiger partial charge in [-0.1, -0.05) is 25.5 Å². The number of nitrogens with zero attached hydrogens (tertiary/aromatic N) is 2. The Morgan fingerprint density at radius 2 is 1.96 bits per heavy atom. The quantitative estimate of drug-likeness (QED) is 0.746. The van der Waals surface area contributed by atoms with Crippen molar-refractivity contribution in [2.75, 3.05) is 20.3 Å². The van der Waals surface area contributed by atoms with E-state index in [0.29, 0.717) is 19.1 Å². The van der Waals surface area contributed by atoms with Gasteiger partial charge < -0.3 is 10.1 Å². The van der Waals surface area contributed by atoms with Crippen LogP contribution in [0.15, 0.2) is 24.3 Å². The number of aryl methyl sites for hydroxylation is 1. The number of carbonyl (C=O) groups is 2. The molecule has 2 saturated heterocycles. The topological polar surface area (TPSA) is 61.9 Å². The Bertz CT molecular complexity index is 676. The highest BCUT2D eigenvalue weighted by atomic mass is 16.5. The molecule has 27 heavy (non-hydrogen) atoms. The summed E-state index contributed by atoms with van der Waals surface area (Å²) in [6.07, 6.45) is 5.87. The fraction of sp³-hybridized carbons (Fsp3) is 0.619. The van der Waals surface area contributed by atoms with Crippen LogP contribution in [-0.2, 0) is 11.2 Å². The average molecular weight is 373 g/mol. The number of rotatable bonds is 7. The molecule has 148 valence electrons. The van der Waals surface area contributed by atoms with E-state index in [9.17, 15) is 9.59 Å². The summed E-state index contributed by atoms with van der Waals surface area (Å²) in [5.74, 6) is 0.704. The molecular weight excluding hydrogens is 342 g/mol. The van der Waals surface area contributed by atoms with Gasteiger partial charge in [-0.2, -0.15) is 0 Å². The second kappa shape index (κ2) is 8.30. The van der Waals surface area contributed by atoms with Crippen molar-refractivity contribution in [1.29, 1.82) is 0 Å². The molecule has 3 rings (SSSR count). The van der Waals surface area contributed by atoms with Crippen LogP contribution in [0.5, 0.6) is 5.75 Å². The largest absolute Gasteiger partial charge is 0.497 e. The highest BCUT2D eigenvalue weighted by Gasteiger charge is 2.48. The first-order chi connectivity index (χ1) is 13.0. The maximum absolute atomic E-state index is 13.0. The molecule has 2 aliphatic heterocycles. The number of amides is 3. The number of hydrogen-bond acceptors (Lipinski definition) is 4. The van der Waals surface area contributed by atoms with Crippen LogP contribution in [0.3, 0.4) is 0 Å². The number of benzene rings is 1. The molecule has 0 unspecified atom stereocenters. The zero-order valence-corrected chi connectivity index (χ0v) is 16.7. The van der Waals surface area contributed by atoms with Crippen LogP contribution in [0.25, 0.3) is 0 Å². The van der Waals surface area contributed by atoms with Crippen molar-refractivity contribution >= 4 is 11.9 Å². The fourth-order valence-corrected chi connectivity index (χ4v) is 4.12. The molecule has 3 amide bonds. The lowest BCUT2D eigenvalue weighted by Crippen LogP contribution is -2.49. The number of methoxy groups -OCH3 is 1. The van der Waals surface area contributed by atoms with Gasteiger partial charge in [-0.05, 0) is 56.7 Å². The standard InChI is InChI=1S/C21H31N3O3/c1-4-17-7-5-6-14-23(17)15-24-19(25)21(2,22-20(24)26)13-12-16-8-10-18(27-3)11-9-16/h8-11,17H,4-7,12-15H2,1-3H3,(H,22,26)/t17-,21-/m1/s1. The number of likely N-dealkylation sites (tertiary alicyclic amines) is 1. The normalized spacial score (nSPS) is 26.3. The maximum atomic E-state index is 13.0. The Morgan fingerprint density at radius 1 is 1.22 bits per heavy atom. The summed E-state index contributed by atoms with van der Waals surface area (Å²) >= 11 is 0. The number of carbonyl (C=O) groups excluding carboxylic acids is 2. The molecule has 6 nitrogen and oxygen atoms in total. The van der Waals surface area contributed by atoms with E-state index in [1.807, 2.05) is 31.2 Å². The molecular formula is C21H31N3O3. The molecule has 1 aromatic rings. The monoisotopic (exact) mass is 373 g/mol. The zero-order chi connectivity index (χ0) is 19.4. The van der Waals surface area contributed by atoms with Crippen molar-refractivity contribution in [3.8, 4) is 5.75 Å². The summed E-state index contributed by atoms with van der Waals surface area (Å²) in [4.78, 5) is 29.2. The van der Waals surface area contributed by atoms with Gasteiger partial charge in [0, 0.05) is 12.6 Å². The van der Waals surface area contributed by atoms with E-state index >= 15 is 0 Å². The van der Waals surface area contributed by atoms with Crippen LogP contribution in [0.4, 0.5) is 4.79 Å². The minimum atomic E-state index is -0.839. The third-order valence-corrected chi connectivity index (χ3v) is 5.96. The first-order valence-electron chi connectivity index (χ1n) is 9.98. The molecule has 0 radical (unpaired) electrons. The summed E-state index contributed by atoms with van der Waals surface area (Å²) in [5, 5.41) is 2.93. The molecule has 0 aliphatic carbocycles. The Labute approximate surface area is 161 Å². The molecule has 6 heteroatoms. The van der Waals surface area contributed by atoms with Crippen LogP contribution in [0, 0.1) is 0 Å². The van der Waals surface area contributed by atoms with Gasteiger partial charge in [0.25, 0.3) is 5.91 Å². The van der Waals surface area contributed by atoms with Gasteiger partial charge in [0.2, 0.25) is 0 Å². The van der Waals surface area contributed by atoms with Crippen molar-refractivity contribution in [3.05, 3.63) is 29.8 Å². The van der Waals surface area contributed by atoms with E-state index in [-0.39, 0.29) is 11.9 Å². The summed E-state index contributed by atoms with van der Waals surface area (Å²) in [6, 6.07) is 8.03. The summed E-state index contributed by atoms with van der Waals surface area (Å²) in [6.45, 7) is 5.37. The van der Waals surface area contributed by atoms with Crippen LogP contribution < -0.4 is 10.1 Å². The molecule has 2 aliphatic rings. The average Bonchev–Trinajstić information content (AvgIpc) is 2.90. The van der Waals surface area contributed by atoms with E-state index < -0.39 is 5.54 Å². The molecule has 0 aromatic heterocycles. The van der Waals surface area contributed by atoms with Crippen LogP contribution >= 0.6 is 0 Å². The van der Waals surface area contributed by atoms with Crippen LogP contribution in [-0.4, -0.2) is 53.6 Å². The van der Waals surface area contributed by atoms with Gasteiger partial charge >= 0.3 is 6.03 Å². The van der Waals surface area contributed by atoms with E-state index in [2.05, 4.69) is 17.1 Å². The SMILES string of the molecule is CC[C@@H]1CCCCN1CN1C(=O)N[C@](C)(CCc2ccc(OC)cc2)C1=O. The second-order valence-electron chi connectivity index (χ2n) is 7.86. The highest BCUT2D eigenvalue weighted by molar-refractivity contribution is 6.06. The smallest absolute Gasteiger partial charge is 0.326 e. The Hall–Kier alpha value is -2.08.